The molecule has 6 N–H and O–H groups in total. The van der Waals surface area contributed by atoms with Gasteiger partial charge < -0.3 is 49.2 Å². The highest BCUT2D eigenvalue weighted by atomic mass is 31.2. The highest BCUT2D eigenvalue weighted by molar-refractivity contribution is 7.71. The topological polar surface area (TPSA) is 265 Å². The van der Waals surface area contributed by atoms with Crippen molar-refractivity contribution in [2.45, 2.75) is 57.0 Å². The number of aromatic nitrogens is 2. The quantitative estimate of drug-likeness (QED) is 0.0613. The maximum Gasteiger partial charge on any atom is 0.618 e. The molecule has 1 aliphatic rings. The molecular weight excluding hydrogens is 761 g/mol. The van der Waals surface area contributed by atoms with Crippen molar-refractivity contribution in [1.29, 1.82) is 0 Å². The Bertz CT molecular complexity index is 1910. The van der Waals surface area contributed by atoms with Crippen molar-refractivity contribution in [2.24, 2.45) is 5.92 Å². The van der Waals surface area contributed by atoms with E-state index in [4.69, 9.17) is 14.0 Å². The van der Waals surface area contributed by atoms with Gasteiger partial charge in [0.1, 0.15) is 23.2 Å². The summed E-state index contributed by atoms with van der Waals surface area (Å²) >= 11 is 0. The maximum absolute atomic E-state index is 13.8. The van der Waals surface area contributed by atoms with Gasteiger partial charge in [-0.3, -0.25) is 33.4 Å². The van der Waals surface area contributed by atoms with Crippen molar-refractivity contribution in [3.63, 3.8) is 0 Å². The molecule has 2 aromatic carbocycles. The van der Waals surface area contributed by atoms with Gasteiger partial charge in [-0.05, 0) is 36.5 Å². The van der Waals surface area contributed by atoms with Crippen LogP contribution in [0.4, 0.5) is 10.5 Å². The van der Waals surface area contributed by atoms with Crippen molar-refractivity contribution < 1.29 is 61.6 Å². The van der Waals surface area contributed by atoms with Crippen LogP contribution in [0.2, 0.25) is 0 Å². The van der Waals surface area contributed by atoms with Gasteiger partial charge in [-0.15, -0.1) is 0 Å². The first-order chi connectivity index (χ1) is 26.0. The molecule has 55 heavy (non-hydrogen) atoms. The molecule has 0 aliphatic carbocycles. The van der Waals surface area contributed by atoms with E-state index < -0.39 is 70.1 Å². The van der Waals surface area contributed by atoms with E-state index in [0.29, 0.717) is 17.9 Å². The zero-order valence-electron chi connectivity index (χ0n) is 30.4. The molecule has 19 nitrogen and oxygen atoms in total. The monoisotopic (exact) mass is 804 g/mol. The smallest absolute Gasteiger partial charge is 0.522 e. The first-order valence-corrected chi connectivity index (χ1v) is 20.3. The first kappa shape index (κ1) is 42.9. The molecule has 0 bridgehead atoms. The van der Waals surface area contributed by atoms with Crippen LogP contribution in [0.15, 0.2) is 67.1 Å². The number of fused-ring (bicyclic) bond motifs is 1. The van der Waals surface area contributed by atoms with Crippen molar-refractivity contribution in [3.8, 4) is 11.5 Å². The zero-order valence-corrected chi connectivity index (χ0v) is 32.2. The summed E-state index contributed by atoms with van der Waals surface area (Å²) in [6.45, 7) is 3.67. The minimum Gasteiger partial charge on any atom is -0.522 e. The van der Waals surface area contributed by atoms with Gasteiger partial charge in [-0.1, -0.05) is 44.2 Å². The Morgan fingerprint density at radius 1 is 0.964 bits per heavy atom. The minimum atomic E-state index is -5.25. The molecule has 2 unspecified atom stereocenters. The van der Waals surface area contributed by atoms with Crippen LogP contribution < -0.4 is 30.2 Å². The molecule has 2 heterocycles. The number of hydrogen-bond acceptors (Lipinski definition) is 12. The van der Waals surface area contributed by atoms with Gasteiger partial charge in [0.15, 0.2) is 0 Å². The number of nitrogens with one attached hydrogen (secondary N) is 3. The second-order valence-corrected chi connectivity index (χ2v) is 17.0. The first-order valence-electron chi connectivity index (χ1n) is 17.0. The second-order valence-electron chi connectivity index (χ2n) is 12.8. The third-order valence-corrected chi connectivity index (χ3v) is 11.9. The lowest BCUT2D eigenvalue weighted by Crippen LogP contribution is -2.57. The third-order valence-electron chi connectivity index (χ3n) is 8.11. The summed E-state index contributed by atoms with van der Waals surface area (Å²) in [6, 6.07) is 12.9. The molecule has 0 saturated heterocycles. The van der Waals surface area contributed by atoms with Gasteiger partial charge in [0, 0.05) is 45.5 Å². The number of ether oxygens (including phenoxy) is 1. The number of rotatable bonds is 18. The van der Waals surface area contributed by atoms with Gasteiger partial charge >= 0.3 is 28.4 Å². The van der Waals surface area contributed by atoms with E-state index in [0.717, 1.165) is 12.7 Å². The summed E-state index contributed by atoms with van der Waals surface area (Å²) in [5.74, 6) is -1.93. The molecule has 4 rings (SSSR count). The van der Waals surface area contributed by atoms with Crippen LogP contribution in [0.3, 0.4) is 0 Å². The predicted molar refractivity (Wildman–Crippen MR) is 198 cm³/mol. The average Bonchev–Trinajstić information content (AvgIpc) is 3.58. The van der Waals surface area contributed by atoms with E-state index in [1.807, 2.05) is 49.5 Å². The Hall–Kier alpha value is -4.84. The molecule has 3 aromatic rings. The third kappa shape index (κ3) is 12.3. The Balaban J connectivity index is 1.36. The normalized spacial score (nSPS) is 14.9. The lowest BCUT2D eigenvalue weighted by molar-refractivity contribution is -0.123. The Morgan fingerprint density at radius 3 is 2.31 bits per heavy atom. The lowest BCUT2D eigenvalue weighted by atomic mass is 9.74. The molecule has 0 radical (unpaired) electrons. The highest BCUT2D eigenvalue weighted by Crippen LogP contribution is 2.61. The SMILES string of the molecule is COP(=O)(O)C(NC(=O)CCCOC(=O)N(C)c1ccc2c(c1)OB([C@H](CC(C)C)NC(=O)[C@H](Cc1ccccc1)NC(=O)c1cnccn1)O2)P(=O)(O)O. The minimum absolute atomic E-state index is 0.0522. The Labute approximate surface area is 317 Å². The summed E-state index contributed by atoms with van der Waals surface area (Å²) in [4.78, 5) is 89.4. The van der Waals surface area contributed by atoms with Gasteiger partial charge in [0.2, 0.25) is 17.3 Å². The number of nitrogens with zero attached hydrogens (tertiary/aromatic N) is 3. The molecular formula is C33H43BN6O13P2. The highest BCUT2D eigenvalue weighted by Gasteiger charge is 2.46. The van der Waals surface area contributed by atoms with E-state index in [-0.39, 0.29) is 36.8 Å². The van der Waals surface area contributed by atoms with Gasteiger partial charge in [0.25, 0.3) is 5.91 Å². The molecule has 1 aromatic heterocycles. The number of carbonyl (C=O) groups is 4. The standard InChI is InChI=1S/C33H43BN6O13P2/c1-21(2)17-28(38-30(42)24(18-22-9-6-5-7-10-22)37-31(43)25-20-35-14-15-36-25)34-52-26-13-12-23(19-27(26)53-34)40(3)33(44)51-16-8-11-29(41)39-32(54(45,46)47)55(48,49)50-4/h5-7,9-10,12-15,19-21,24,28,32H,8,11,16-18H2,1-4H3,(H,37,43)(H,38,42)(H,39,41)(H,48,49)(H2,45,46,47)/t24-,28-,32?/m0/s1. The number of amides is 4. The summed E-state index contributed by atoms with van der Waals surface area (Å²) in [7, 11) is -8.86. The zero-order chi connectivity index (χ0) is 40.3. The van der Waals surface area contributed by atoms with Crippen molar-refractivity contribution in [3.05, 3.63) is 78.4 Å². The van der Waals surface area contributed by atoms with Gasteiger partial charge in [-0.2, -0.15) is 0 Å². The number of carbonyl (C=O) groups excluding carboxylic acids is 4. The molecule has 0 fully saturated rings. The summed E-state index contributed by atoms with van der Waals surface area (Å²) in [5, 5.41) is 7.57. The van der Waals surface area contributed by atoms with Crippen molar-refractivity contribution in [1.82, 2.24) is 25.9 Å². The predicted octanol–water partition coefficient (Wildman–Crippen LogP) is 2.61. The molecule has 22 heteroatoms. The number of anilines is 1. The fraction of sp³-hybridized carbons (Fsp3) is 0.394. The van der Waals surface area contributed by atoms with Crippen LogP contribution in [0.5, 0.6) is 11.5 Å². The molecule has 0 saturated carbocycles. The molecule has 4 amide bonds. The summed E-state index contributed by atoms with van der Waals surface area (Å²) in [5.41, 5.74) is -1.23. The number of hydrogen-bond donors (Lipinski definition) is 6. The van der Waals surface area contributed by atoms with E-state index in [1.165, 1.54) is 30.5 Å². The van der Waals surface area contributed by atoms with Crippen LogP contribution in [0.25, 0.3) is 0 Å². The van der Waals surface area contributed by atoms with Crippen LogP contribution in [0.1, 0.15) is 49.2 Å². The van der Waals surface area contributed by atoms with Crippen LogP contribution in [-0.4, -0.2) is 93.9 Å². The van der Waals surface area contributed by atoms with Gasteiger partial charge in [-0.25, -0.2) is 9.78 Å². The molecule has 4 atom stereocenters. The van der Waals surface area contributed by atoms with Crippen LogP contribution in [0, 0.1) is 5.92 Å². The van der Waals surface area contributed by atoms with E-state index in [9.17, 15) is 43.0 Å². The average molecular weight is 804 g/mol. The van der Waals surface area contributed by atoms with Crippen LogP contribution in [-0.2, 0) is 34.4 Å². The summed E-state index contributed by atoms with van der Waals surface area (Å²) in [6.07, 6.45) is 3.48. The van der Waals surface area contributed by atoms with Crippen molar-refractivity contribution >= 4 is 51.8 Å². The second kappa shape index (κ2) is 19.2. The van der Waals surface area contributed by atoms with Crippen LogP contribution >= 0.6 is 15.2 Å². The molecule has 1 aliphatic heterocycles. The Morgan fingerprint density at radius 2 is 1.67 bits per heavy atom. The summed E-state index contributed by atoms with van der Waals surface area (Å²) < 4.78 is 45.3. The maximum atomic E-state index is 13.8. The largest absolute Gasteiger partial charge is 0.618 e. The number of benzene rings is 2. The van der Waals surface area contributed by atoms with Gasteiger partial charge in [0.05, 0.1) is 24.4 Å². The lowest BCUT2D eigenvalue weighted by Gasteiger charge is -2.25. The molecule has 296 valence electrons. The van der Waals surface area contributed by atoms with E-state index in [2.05, 4.69) is 25.1 Å². The fourth-order valence-corrected chi connectivity index (χ4v) is 7.96. The van der Waals surface area contributed by atoms with Crippen molar-refractivity contribution in [2.75, 3.05) is 25.7 Å². The van der Waals surface area contributed by atoms with E-state index >= 15 is 0 Å². The fourth-order valence-electron chi connectivity index (χ4n) is 5.34. The molecule has 0 spiro atoms. The Kier molecular flexibility index (Phi) is 14.9. The van der Waals surface area contributed by atoms with E-state index in [1.54, 1.807) is 18.2 Å².